The van der Waals surface area contributed by atoms with Gasteiger partial charge < -0.3 is 0 Å². The van der Waals surface area contributed by atoms with E-state index in [1.807, 2.05) is 24.3 Å². The molecule has 0 radical (unpaired) electrons. The minimum Gasteiger partial charge on any atom is -0.266 e. The number of anilines is 1. The second-order valence-electron chi connectivity index (χ2n) is 7.17. The average Bonchev–Trinajstić information content (AvgIpc) is 3.32. The smallest absolute Gasteiger partial charge is 0.266 e. The number of hydrogen-bond donors (Lipinski definition) is 0. The third-order valence-corrected chi connectivity index (χ3v) is 7.01. The van der Waals surface area contributed by atoms with E-state index in [9.17, 15) is 14.9 Å². The molecule has 1 aliphatic rings. The summed E-state index contributed by atoms with van der Waals surface area (Å²) in [5, 5.41) is 12.9. The lowest BCUT2D eigenvalue weighted by atomic mass is 10.1. The zero-order valence-electron chi connectivity index (χ0n) is 16.7. The van der Waals surface area contributed by atoms with Crippen molar-refractivity contribution in [3.8, 4) is 0 Å². The van der Waals surface area contributed by atoms with E-state index < -0.39 is 4.92 Å². The van der Waals surface area contributed by atoms with Crippen molar-refractivity contribution in [1.29, 1.82) is 0 Å². The number of thiophene rings is 1. The van der Waals surface area contributed by atoms with Crippen LogP contribution in [0.3, 0.4) is 0 Å². The van der Waals surface area contributed by atoms with Crippen LogP contribution in [0.2, 0.25) is 10.0 Å². The summed E-state index contributed by atoms with van der Waals surface area (Å²) in [6.45, 7) is 0. The van der Waals surface area contributed by atoms with Crippen molar-refractivity contribution in [2.24, 2.45) is 4.99 Å². The second-order valence-corrected chi connectivity index (χ2v) is 9.04. The summed E-state index contributed by atoms with van der Waals surface area (Å²) in [4.78, 5) is 30.7. The summed E-state index contributed by atoms with van der Waals surface area (Å²) in [5.74, 6) is 0.0842. The number of non-ortho nitro benzene ring substituents is 1. The molecule has 6 nitrogen and oxygen atoms in total. The van der Waals surface area contributed by atoms with Gasteiger partial charge in [0.2, 0.25) is 0 Å². The van der Waals surface area contributed by atoms with E-state index in [1.165, 1.54) is 28.4 Å². The van der Waals surface area contributed by atoms with Crippen LogP contribution in [0.15, 0.2) is 83.5 Å². The van der Waals surface area contributed by atoms with Crippen molar-refractivity contribution in [2.45, 2.75) is 0 Å². The first-order valence-electron chi connectivity index (χ1n) is 9.74. The van der Waals surface area contributed by atoms with Gasteiger partial charge >= 0.3 is 0 Å². The molecule has 0 fully saturated rings. The van der Waals surface area contributed by atoms with Gasteiger partial charge in [-0.25, -0.2) is 4.99 Å². The predicted octanol–water partition coefficient (Wildman–Crippen LogP) is 6.95. The molecule has 1 aromatic heterocycles. The first kappa shape index (κ1) is 21.3. The van der Waals surface area contributed by atoms with Crippen molar-refractivity contribution in [3.05, 3.63) is 109 Å². The lowest BCUT2D eigenvalue weighted by molar-refractivity contribution is -0.384. The molecule has 162 valence electrons. The Kier molecular flexibility index (Phi) is 5.46. The number of carbonyl (C=O) groups is 1. The molecule has 0 saturated carbocycles. The number of benzene rings is 3. The van der Waals surface area contributed by atoms with Crippen LogP contribution in [0.5, 0.6) is 0 Å². The van der Waals surface area contributed by atoms with Gasteiger partial charge in [-0.2, -0.15) is 0 Å². The number of rotatable bonds is 4. The quantitative estimate of drug-likeness (QED) is 0.175. The minimum atomic E-state index is -0.473. The van der Waals surface area contributed by atoms with E-state index in [1.54, 1.807) is 42.5 Å². The van der Waals surface area contributed by atoms with E-state index in [2.05, 4.69) is 4.99 Å². The van der Waals surface area contributed by atoms with Crippen molar-refractivity contribution in [1.82, 2.24) is 0 Å². The normalized spacial score (nSPS) is 14.8. The highest BCUT2D eigenvalue weighted by atomic mass is 35.5. The maximum atomic E-state index is 13.4. The van der Waals surface area contributed by atoms with Crippen LogP contribution in [-0.2, 0) is 4.79 Å². The van der Waals surface area contributed by atoms with E-state index in [4.69, 9.17) is 23.2 Å². The van der Waals surface area contributed by atoms with Gasteiger partial charge in [0.25, 0.3) is 11.6 Å². The van der Waals surface area contributed by atoms with Gasteiger partial charge in [-0.15, -0.1) is 11.3 Å². The SMILES string of the molecule is O=C1/C(=C\c2ccc([N+](=O)[O-])cc2)N=C(c2sc3ccccc3c2Cl)N1c1ccc(Cl)cc1. The summed E-state index contributed by atoms with van der Waals surface area (Å²) in [7, 11) is 0. The molecular weight excluding hydrogens is 481 g/mol. The highest BCUT2D eigenvalue weighted by Gasteiger charge is 2.35. The maximum Gasteiger partial charge on any atom is 0.282 e. The fourth-order valence-electron chi connectivity index (χ4n) is 3.51. The largest absolute Gasteiger partial charge is 0.282 e. The molecule has 0 N–H and O–H groups in total. The molecule has 0 spiro atoms. The molecular formula is C24H13Cl2N3O3S. The van der Waals surface area contributed by atoms with Gasteiger partial charge in [0.1, 0.15) is 5.70 Å². The summed E-state index contributed by atoms with van der Waals surface area (Å²) in [6, 6.07) is 20.5. The Hall–Kier alpha value is -3.52. The molecule has 2 heterocycles. The molecule has 33 heavy (non-hydrogen) atoms. The number of amidine groups is 1. The van der Waals surface area contributed by atoms with Gasteiger partial charge in [0.05, 0.1) is 20.5 Å². The Balaban J connectivity index is 1.64. The van der Waals surface area contributed by atoms with Crippen LogP contribution in [-0.4, -0.2) is 16.7 Å². The Labute approximate surface area is 202 Å². The average molecular weight is 494 g/mol. The number of nitro benzene ring substituents is 1. The highest BCUT2D eigenvalue weighted by molar-refractivity contribution is 7.21. The summed E-state index contributed by atoms with van der Waals surface area (Å²) in [5.41, 5.74) is 1.39. The van der Waals surface area contributed by atoms with Crippen LogP contribution >= 0.6 is 34.5 Å². The molecule has 4 aromatic rings. The van der Waals surface area contributed by atoms with Crippen molar-refractivity contribution in [3.63, 3.8) is 0 Å². The molecule has 0 saturated heterocycles. The number of aliphatic imine (C=N–C) groups is 1. The van der Waals surface area contributed by atoms with Gasteiger partial charge in [-0.3, -0.25) is 19.8 Å². The molecule has 0 unspecified atom stereocenters. The lowest BCUT2D eigenvalue weighted by Crippen LogP contribution is -2.32. The summed E-state index contributed by atoms with van der Waals surface area (Å²) in [6.07, 6.45) is 1.60. The minimum absolute atomic E-state index is 0.0288. The van der Waals surface area contributed by atoms with Gasteiger partial charge in [0, 0.05) is 27.2 Å². The van der Waals surface area contributed by atoms with Gasteiger partial charge in [-0.05, 0) is 54.1 Å². The Morgan fingerprint density at radius 3 is 2.33 bits per heavy atom. The third-order valence-electron chi connectivity index (χ3n) is 5.09. The first-order chi connectivity index (χ1) is 15.9. The van der Waals surface area contributed by atoms with Gasteiger partial charge in [0.15, 0.2) is 5.84 Å². The van der Waals surface area contributed by atoms with Crippen LogP contribution < -0.4 is 4.90 Å². The standard InChI is InChI=1S/C24H13Cl2N3O3S/c25-15-7-11-16(12-8-15)28-23(22-21(26)18-3-1-2-4-20(18)33-22)27-19(24(28)30)13-14-5-9-17(10-6-14)29(31)32/h1-13H/b19-13+. The fraction of sp³-hybridized carbons (Fsp3) is 0. The summed E-state index contributed by atoms with van der Waals surface area (Å²) < 4.78 is 0.983. The zero-order chi connectivity index (χ0) is 23.1. The van der Waals surface area contributed by atoms with Crippen molar-refractivity contribution in [2.75, 3.05) is 4.90 Å². The Morgan fingerprint density at radius 2 is 1.67 bits per heavy atom. The molecule has 1 aliphatic heterocycles. The Bertz CT molecular complexity index is 1480. The molecule has 0 bridgehead atoms. The third kappa shape index (κ3) is 3.91. The number of fused-ring (bicyclic) bond motifs is 1. The van der Waals surface area contributed by atoms with Crippen molar-refractivity contribution < 1.29 is 9.72 Å². The van der Waals surface area contributed by atoms with E-state index in [0.717, 1.165) is 10.1 Å². The number of nitrogens with zero attached hydrogens (tertiary/aromatic N) is 3. The summed E-state index contributed by atoms with van der Waals surface area (Å²) >= 11 is 14.2. The molecule has 5 rings (SSSR count). The van der Waals surface area contributed by atoms with E-state index >= 15 is 0 Å². The van der Waals surface area contributed by atoms with Crippen LogP contribution in [0.4, 0.5) is 11.4 Å². The molecule has 1 amide bonds. The van der Waals surface area contributed by atoms with Gasteiger partial charge in [-0.1, -0.05) is 41.4 Å². The predicted molar refractivity (Wildman–Crippen MR) is 133 cm³/mol. The monoisotopic (exact) mass is 493 g/mol. The second kappa shape index (κ2) is 8.44. The zero-order valence-corrected chi connectivity index (χ0v) is 19.1. The lowest BCUT2D eigenvalue weighted by Gasteiger charge is -2.18. The number of nitro groups is 1. The number of amides is 1. The molecule has 3 aromatic carbocycles. The van der Waals surface area contributed by atoms with Crippen LogP contribution in [0, 0.1) is 10.1 Å². The van der Waals surface area contributed by atoms with Crippen LogP contribution in [0.25, 0.3) is 16.2 Å². The van der Waals surface area contributed by atoms with E-state index in [0.29, 0.717) is 32.0 Å². The number of halogens is 2. The first-order valence-corrected chi connectivity index (χ1v) is 11.3. The molecule has 9 heteroatoms. The number of carbonyl (C=O) groups excluding carboxylic acids is 1. The number of hydrogen-bond acceptors (Lipinski definition) is 5. The van der Waals surface area contributed by atoms with Crippen molar-refractivity contribution >= 4 is 73.8 Å². The Morgan fingerprint density at radius 1 is 0.970 bits per heavy atom. The van der Waals surface area contributed by atoms with E-state index in [-0.39, 0.29) is 17.3 Å². The maximum absolute atomic E-state index is 13.4. The van der Waals surface area contributed by atoms with Crippen LogP contribution in [0.1, 0.15) is 10.4 Å². The topological polar surface area (TPSA) is 75.8 Å². The molecule has 0 atom stereocenters. The molecule has 0 aliphatic carbocycles. The highest BCUT2D eigenvalue weighted by Crippen LogP contribution is 2.39. The fourth-order valence-corrected chi connectivity index (χ4v) is 5.13.